The van der Waals surface area contributed by atoms with E-state index in [1.807, 2.05) is 60.5 Å². The monoisotopic (exact) mass is 306 g/mol. The second-order valence-corrected chi connectivity index (χ2v) is 5.17. The Morgan fingerprint density at radius 1 is 0.870 bits per heavy atom. The van der Waals surface area contributed by atoms with E-state index in [4.69, 9.17) is 4.98 Å². The molecule has 0 fully saturated rings. The molecule has 0 bridgehead atoms. The SMILES string of the molecule is CN(CCO)c1cc(-c2ccccn2)nc(-c2ccccn2)c1. The Bertz CT molecular complexity index is 705. The quantitative estimate of drug-likeness (QED) is 0.785. The fraction of sp³-hybridized carbons (Fsp3) is 0.167. The highest BCUT2D eigenvalue weighted by Gasteiger charge is 2.11. The number of aromatic nitrogens is 3. The van der Waals surface area contributed by atoms with Crippen molar-refractivity contribution >= 4 is 5.69 Å². The van der Waals surface area contributed by atoms with Crippen molar-refractivity contribution in [1.82, 2.24) is 15.0 Å². The number of likely N-dealkylation sites (N-methyl/N-ethyl adjacent to an activating group) is 1. The molecule has 116 valence electrons. The smallest absolute Gasteiger partial charge is 0.0914 e. The Kier molecular flexibility index (Phi) is 4.59. The van der Waals surface area contributed by atoms with Crippen LogP contribution in [0.15, 0.2) is 60.9 Å². The molecule has 0 spiro atoms. The predicted octanol–water partition coefficient (Wildman–Crippen LogP) is 2.63. The third-order valence-corrected chi connectivity index (χ3v) is 3.54. The summed E-state index contributed by atoms with van der Waals surface area (Å²) in [6, 6.07) is 15.5. The van der Waals surface area contributed by atoms with Crippen molar-refractivity contribution < 1.29 is 5.11 Å². The van der Waals surface area contributed by atoms with E-state index in [-0.39, 0.29) is 6.61 Å². The molecule has 0 aliphatic carbocycles. The Morgan fingerprint density at radius 2 is 1.43 bits per heavy atom. The maximum absolute atomic E-state index is 9.19. The lowest BCUT2D eigenvalue weighted by Crippen LogP contribution is -2.21. The molecule has 0 aliphatic rings. The number of hydrogen-bond acceptors (Lipinski definition) is 5. The van der Waals surface area contributed by atoms with Gasteiger partial charge in [0, 0.05) is 31.7 Å². The fourth-order valence-electron chi connectivity index (χ4n) is 2.31. The first-order valence-electron chi connectivity index (χ1n) is 7.45. The van der Waals surface area contributed by atoms with Crippen LogP contribution in [0, 0.1) is 0 Å². The molecule has 3 aromatic heterocycles. The standard InChI is InChI=1S/C18H18N4O/c1-22(10-11-23)14-12-17(15-6-2-4-8-19-15)21-18(13-14)16-7-3-5-9-20-16/h2-9,12-13,23H,10-11H2,1H3. The fourth-order valence-corrected chi connectivity index (χ4v) is 2.31. The van der Waals surface area contributed by atoms with Crippen LogP contribution < -0.4 is 4.90 Å². The van der Waals surface area contributed by atoms with Crippen molar-refractivity contribution in [3.05, 3.63) is 60.9 Å². The second-order valence-electron chi connectivity index (χ2n) is 5.17. The maximum Gasteiger partial charge on any atom is 0.0914 e. The van der Waals surface area contributed by atoms with Gasteiger partial charge >= 0.3 is 0 Å². The average molecular weight is 306 g/mol. The van der Waals surface area contributed by atoms with Crippen LogP contribution in [0.1, 0.15) is 0 Å². The van der Waals surface area contributed by atoms with Crippen molar-refractivity contribution in [2.75, 3.05) is 25.1 Å². The third kappa shape index (κ3) is 3.52. The van der Waals surface area contributed by atoms with E-state index in [9.17, 15) is 5.11 Å². The van der Waals surface area contributed by atoms with Crippen LogP contribution in [-0.2, 0) is 0 Å². The Hall–Kier alpha value is -2.79. The lowest BCUT2D eigenvalue weighted by molar-refractivity contribution is 0.304. The molecule has 0 amide bonds. The van der Waals surface area contributed by atoms with Crippen LogP contribution in [0.25, 0.3) is 22.8 Å². The first kappa shape index (κ1) is 15.1. The van der Waals surface area contributed by atoms with E-state index in [0.29, 0.717) is 6.54 Å². The van der Waals surface area contributed by atoms with E-state index in [2.05, 4.69) is 9.97 Å². The molecular weight excluding hydrogens is 288 g/mol. The Labute approximate surface area is 135 Å². The second kappa shape index (κ2) is 6.98. The van der Waals surface area contributed by atoms with Crippen LogP contribution in [0.3, 0.4) is 0 Å². The summed E-state index contributed by atoms with van der Waals surface area (Å²) in [5.74, 6) is 0. The van der Waals surface area contributed by atoms with Gasteiger partial charge in [-0.1, -0.05) is 12.1 Å². The van der Waals surface area contributed by atoms with E-state index >= 15 is 0 Å². The highest BCUT2D eigenvalue weighted by atomic mass is 16.3. The number of anilines is 1. The largest absolute Gasteiger partial charge is 0.395 e. The van der Waals surface area contributed by atoms with Crippen molar-refractivity contribution in [2.24, 2.45) is 0 Å². The first-order chi connectivity index (χ1) is 11.3. The summed E-state index contributed by atoms with van der Waals surface area (Å²) in [7, 11) is 1.94. The first-order valence-corrected chi connectivity index (χ1v) is 7.45. The summed E-state index contributed by atoms with van der Waals surface area (Å²) in [6.07, 6.45) is 3.50. The molecular formula is C18H18N4O. The Morgan fingerprint density at radius 3 is 1.87 bits per heavy atom. The summed E-state index contributed by atoms with van der Waals surface area (Å²) < 4.78 is 0. The molecule has 0 saturated heterocycles. The van der Waals surface area contributed by atoms with Gasteiger partial charge in [0.1, 0.15) is 0 Å². The van der Waals surface area contributed by atoms with Gasteiger partial charge < -0.3 is 10.0 Å². The van der Waals surface area contributed by atoms with Gasteiger partial charge in [0.25, 0.3) is 0 Å². The number of nitrogens with zero attached hydrogens (tertiary/aromatic N) is 4. The highest BCUT2D eigenvalue weighted by Crippen LogP contribution is 2.26. The van der Waals surface area contributed by atoms with Crippen LogP contribution in [0.5, 0.6) is 0 Å². The molecule has 0 saturated carbocycles. The lowest BCUT2D eigenvalue weighted by atomic mass is 10.1. The van der Waals surface area contributed by atoms with Gasteiger partial charge in [-0.25, -0.2) is 4.98 Å². The van der Waals surface area contributed by atoms with Crippen LogP contribution in [-0.4, -0.2) is 40.3 Å². The van der Waals surface area contributed by atoms with Crippen molar-refractivity contribution in [3.63, 3.8) is 0 Å². The predicted molar refractivity (Wildman–Crippen MR) is 91.1 cm³/mol. The van der Waals surface area contributed by atoms with Gasteiger partial charge in [-0.2, -0.15) is 0 Å². The summed E-state index contributed by atoms with van der Waals surface area (Å²) in [4.78, 5) is 15.4. The summed E-state index contributed by atoms with van der Waals surface area (Å²) in [5.41, 5.74) is 4.16. The maximum atomic E-state index is 9.19. The molecule has 0 radical (unpaired) electrons. The van der Waals surface area contributed by atoms with Crippen LogP contribution in [0.2, 0.25) is 0 Å². The van der Waals surface area contributed by atoms with Crippen LogP contribution >= 0.6 is 0 Å². The van der Waals surface area contributed by atoms with E-state index in [1.54, 1.807) is 12.4 Å². The third-order valence-electron chi connectivity index (χ3n) is 3.54. The molecule has 0 atom stereocenters. The highest BCUT2D eigenvalue weighted by molar-refractivity contribution is 5.69. The molecule has 3 aromatic rings. The molecule has 3 rings (SSSR count). The lowest BCUT2D eigenvalue weighted by Gasteiger charge is -2.19. The van der Waals surface area contributed by atoms with Crippen molar-refractivity contribution in [1.29, 1.82) is 0 Å². The molecule has 0 unspecified atom stereocenters. The zero-order valence-corrected chi connectivity index (χ0v) is 12.9. The van der Waals surface area contributed by atoms with Gasteiger partial charge in [0.2, 0.25) is 0 Å². The Balaban J connectivity index is 2.11. The number of aliphatic hydroxyl groups is 1. The molecule has 0 aromatic carbocycles. The molecule has 5 nitrogen and oxygen atoms in total. The van der Waals surface area contributed by atoms with Crippen molar-refractivity contribution in [3.8, 4) is 22.8 Å². The van der Waals surface area contributed by atoms with Gasteiger partial charge in [-0.3, -0.25) is 9.97 Å². The molecule has 3 heterocycles. The minimum absolute atomic E-state index is 0.0939. The molecule has 5 heteroatoms. The zero-order valence-electron chi connectivity index (χ0n) is 12.9. The topological polar surface area (TPSA) is 62.1 Å². The normalized spacial score (nSPS) is 10.5. The zero-order chi connectivity index (χ0) is 16.1. The molecule has 23 heavy (non-hydrogen) atoms. The minimum atomic E-state index is 0.0939. The van der Waals surface area contributed by atoms with Gasteiger partial charge in [-0.15, -0.1) is 0 Å². The average Bonchev–Trinajstić information content (AvgIpc) is 2.63. The minimum Gasteiger partial charge on any atom is -0.395 e. The summed E-state index contributed by atoms with van der Waals surface area (Å²) in [6.45, 7) is 0.643. The molecule has 1 N–H and O–H groups in total. The van der Waals surface area contributed by atoms with E-state index < -0.39 is 0 Å². The van der Waals surface area contributed by atoms with Gasteiger partial charge in [-0.05, 0) is 36.4 Å². The van der Waals surface area contributed by atoms with Gasteiger partial charge in [0.15, 0.2) is 0 Å². The van der Waals surface area contributed by atoms with Crippen LogP contribution in [0.4, 0.5) is 5.69 Å². The summed E-state index contributed by atoms with van der Waals surface area (Å²) in [5, 5.41) is 9.19. The number of aliphatic hydroxyl groups excluding tert-OH is 1. The number of rotatable bonds is 5. The molecule has 0 aliphatic heterocycles. The van der Waals surface area contributed by atoms with E-state index in [0.717, 1.165) is 28.5 Å². The van der Waals surface area contributed by atoms with Gasteiger partial charge in [0.05, 0.1) is 29.4 Å². The summed E-state index contributed by atoms with van der Waals surface area (Å²) >= 11 is 0. The van der Waals surface area contributed by atoms with Crippen molar-refractivity contribution in [2.45, 2.75) is 0 Å². The number of pyridine rings is 3. The van der Waals surface area contributed by atoms with E-state index in [1.165, 1.54) is 0 Å². The number of hydrogen-bond donors (Lipinski definition) is 1.